The fraction of sp³-hybridized carbons (Fsp3) is 0.444. The summed E-state index contributed by atoms with van der Waals surface area (Å²) in [6.07, 6.45) is 7.63. The standard InChI is InChI=1S/C18H22N6O2/c25-17-11-22(8-9-23(17)15-5-1-2-6-15)18(26)21-14-4-3-7-16(10-14)24-13-19-12-20-24/h3-4,7,10,12-13,15H,1-2,5-6,8-9,11H2,(H,21,26). The molecule has 1 aliphatic heterocycles. The van der Waals surface area contributed by atoms with Gasteiger partial charge in [0.2, 0.25) is 5.91 Å². The van der Waals surface area contributed by atoms with Crippen LogP contribution in [-0.2, 0) is 4.79 Å². The van der Waals surface area contributed by atoms with E-state index in [1.165, 1.54) is 19.2 Å². The lowest BCUT2D eigenvalue weighted by atomic mass is 10.2. The van der Waals surface area contributed by atoms with Crippen LogP contribution in [0.4, 0.5) is 10.5 Å². The molecule has 136 valence electrons. The Hall–Kier alpha value is -2.90. The number of piperazine rings is 1. The molecule has 0 radical (unpaired) electrons. The number of aromatic nitrogens is 3. The summed E-state index contributed by atoms with van der Waals surface area (Å²) in [5.74, 6) is 0.0506. The van der Waals surface area contributed by atoms with Crippen molar-refractivity contribution in [2.45, 2.75) is 31.7 Å². The lowest BCUT2D eigenvalue weighted by Crippen LogP contribution is -2.55. The van der Waals surface area contributed by atoms with Gasteiger partial charge >= 0.3 is 6.03 Å². The van der Waals surface area contributed by atoms with Crippen LogP contribution in [0.15, 0.2) is 36.9 Å². The van der Waals surface area contributed by atoms with Crippen LogP contribution in [0.2, 0.25) is 0 Å². The van der Waals surface area contributed by atoms with Crippen molar-refractivity contribution in [1.82, 2.24) is 24.6 Å². The van der Waals surface area contributed by atoms with E-state index in [0.29, 0.717) is 24.8 Å². The maximum atomic E-state index is 12.5. The number of nitrogens with zero attached hydrogens (tertiary/aromatic N) is 5. The van der Waals surface area contributed by atoms with Gasteiger partial charge in [-0.05, 0) is 31.0 Å². The van der Waals surface area contributed by atoms with Crippen LogP contribution in [0.1, 0.15) is 25.7 Å². The number of urea groups is 1. The predicted molar refractivity (Wildman–Crippen MR) is 95.9 cm³/mol. The minimum Gasteiger partial charge on any atom is -0.336 e. The number of amides is 3. The third-order valence-corrected chi connectivity index (χ3v) is 5.09. The van der Waals surface area contributed by atoms with E-state index in [1.54, 1.807) is 15.9 Å². The van der Waals surface area contributed by atoms with Gasteiger partial charge in [0.25, 0.3) is 0 Å². The molecule has 2 fully saturated rings. The second kappa shape index (κ2) is 7.15. The fourth-order valence-corrected chi connectivity index (χ4v) is 3.73. The fourth-order valence-electron chi connectivity index (χ4n) is 3.73. The Morgan fingerprint density at radius 2 is 2.04 bits per heavy atom. The molecule has 0 bridgehead atoms. The quantitative estimate of drug-likeness (QED) is 0.912. The van der Waals surface area contributed by atoms with Crippen molar-refractivity contribution in [2.75, 3.05) is 25.0 Å². The van der Waals surface area contributed by atoms with E-state index in [0.717, 1.165) is 18.5 Å². The van der Waals surface area contributed by atoms with Crippen molar-refractivity contribution >= 4 is 17.6 Å². The molecule has 1 saturated carbocycles. The normalized spacial score (nSPS) is 18.4. The molecule has 1 saturated heterocycles. The molecule has 0 atom stereocenters. The van der Waals surface area contributed by atoms with Crippen LogP contribution in [0.5, 0.6) is 0 Å². The van der Waals surface area contributed by atoms with E-state index in [1.807, 2.05) is 29.2 Å². The Morgan fingerprint density at radius 3 is 2.77 bits per heavy atom. The Bertz CT molecular complexity index is 785. The Kier molecular flexibility index (Phi) is 4.55. The molecule has 2 aliphatic rings. The van der Waals surface area contributed by atoms with Gasteiger partial charge in [-0.3, -0.25) is 4.79 Å². The summed E-state index contributed by atoms with van der Waals surface area (Å²) >= 11 is 0. The second-order valence-corrected chi connectivity index (χ2v) is 6.77. The zero-order chi connectivity index (χ0) is 17.9. The van der Waals surface area contributed by atoms with Crippen molar-refractivity contribution < 1.29 is 9.59 Å². The van der Waals surface area contributed by atoms with Crippen molar-refractivity contribution in [2.24, 2.45) is 0 Å². The minimum atomic E-state index is -0.250. The maximum absolute atomic E-state index is 12.5. The molecule has 8 nitrogen and oxygen atoms in total. The van der Waals surface area contributed by atoms with Gasteiger partial charge in [0.1, 0.15) is 19.2 Å². The zero-order valence-corrected chi connectivity index (χ0v) is 14.5. The van der Waals surface area contributed by atoms with E-state index in [2.05, 4.69) is 15.4 Å². The molecule has 0 spiro atoms. The van der Waals surface area contributed by atoms with Crippen LogP contribution in [-0.4, -0.2) is 62.2 Å². The molecule has 2 aromatic rings. The monoisotopic (exact) mass is 354 g/mol. The van der Waals surface area contributed by atoms with Crippen LogP contribution >= 0.6 is 0 Å². The molecule has 8 heteroatoms. The number of nitrogens with one attached hydrogen (secondary N) is 1. The summed E-state index contributed by atoms with van der Waals surface area (Å²) < 4.78 is 1.62. The van der Waals surface area contributed by atoms with Gasteiger partial charge in [0.05, 0.1) is 5.69 Å². The van der Waals surface area contributed by atoms with Gasteiger partial charge in [-0.1, -0.05) is 18.9 Å². The minimum absolute atomic E-state index is 0.0506. The smallest absolute Gasteiger partial charge is 0.322 e. The molecular weight excluding hydrogens is 332 g/mol. The molecule has 4 rings (SSSR count). The summed E-state index contributed by atoms with van der Waals surface area (Å²) in [6.45, 7) is 1.33. The number of hydrogen-bond donors (Lipinski definition) is 1. The number of rotatable bonds is 3. The van der Waals surface area contributed by atoms with Gasteiger partial charge in [-0.2, -0.15) is 5.10 Å². The number of anilines is 1. The van der Waals surface area contributed by atoms with E-state index < -0.39 is 0 Å². The molecular formula is C18H22N6O2. The molecule has 0 unspecified atom stereocenters. The first-order valence-corrected chi connectivity index (χ1v) is 9.01. The molecule has 1 aliphatic carbocycles. The molecule has 26 heavy (non-hydrogen) atoms. The highest BCUT2D eigenvalue weighted by molar-refractivity contribution is 5.93. The first-order chi connectivity index (χ1) is 12.7. The Balaban J connectivity index is 1.38. The average Bonchev–Trinajstić information content (AvgIpc) is 3.36. The van der Waals surface area contributed by atoms with E-state index in [4.69, 9.17) is 0 Å². The summed E-state index contributed by atoms with van der Waals surface area (Å²) in [5, 5.41) is 6.96. The van der Waals surface area contributed by atoms with Gasteiger partial charge in [-0.15, -0.1) is 0 Å². The van der Waals surface area contributed by atoms with Gasteiger partial charge in [0.15, 0.2) is 0 Å². The summed E-state index contributed by atoms with van der Waals surface area (Å²) in [7, 11) is 0. The van der Waals surface area contributed by atoms with Gasteiger partial charge < -0.3 is 15.1 Å². The largest absolute Gasteiger partial charge is 0.336 e. The summed E-state index contributed by atoms with van der Waals surface area (Å²) in [6, 6.07) is 7.48. The Morgan fingerprint density at radius 1 is 1.19 bits per heavy atom. The maximum Gasteiger partial charge on any atom is 0.322 e. The van der Waals surface area contributed by atoms with Gasteiger partial charge in [0, 0.05) is 24.8 Å². The van der Waals surface area contributed by atoms with Crippen molar-refractivity contribution in [3.8, 4) is 5.69 Å². The third-order valence-electron chi connectivity index (χ3n) is 5.09. The van der Waals surface area contributed by atoms with Crippen LogP contribution in [0, 0.1) is 0 Å². The highest BCUT2D eigenvalue weighted by Gasteiger charge is 2.32. The predicted octanol–water partition coefficient (Wildman–Crippen LogP) is 1.89. The highest BCUT2D eigenvalue weighted by Crippen LogP contribution is 2.25. The summed E-state index contributed by atoms with van der Waals surface area (Å²) in [4.78, 5) is 32.5. The topological polar surface area (TPSA) is 83.4 Å². The lowest BCUT2D eigenvalue weighted by Gasteiger charge is -2.37. The lowest BCUT2D eigenvalue weighted by molar-refractivity contribution is -0.137. The van der Waals surface area contributed by atoms with Crippen molar-refractivity contribution in [3.05, 3.63) is 36.9 Å². The molecule has 2 heterocycles. The second-order valence-electron chi connectivity index (χ2n) is 6.77. The number of carbonyl (C=O) groups excluding carboxylic acids is 2. The number of hydrogen-bond acceptors (Lipinski definition) is 4. The SMILES string of the molecule is O=C(Nc1cccc(-n2cncn2)c1)N1CCN(C2CCCC2)C(=O)C1. The van der Waals surface area contributed by atoms with Crippen molar-refractivity contribution in [3.63, 3.8) is 0 Å². The van der Waals surface area contributed by atoms with E-state index in [-0.39, 0.29) is 18.5 Å². The number of benzene rings is 1. The number of carbonyl (C=O) groups is 2. The van der Waals surface area contributed by atoms with Crippen molar-refractivity contribution in [1.29, 1.82) is 0 Å². The van der Waals surface area contributed by atoms with E-state index >= 15 is 0 Å². The van der Waals surface area contributed by atoms with Gasteiger partial charge in [-0.25, -0.2) is 14.5 Å². The highest BCUT2D eigenvalue weighted by atomic mass is 16.2. The molecule has 1 aromatic heterocycles. The molecule has 3 amide bonds. The molecule has 1 aromatic carbocycles. The van der Waals surface area contributed by atoms with E-state index in [9.17, 15) is 9.59 Å². The van der Waals surface area contributed by atoms with Crippen LogP contribution in [0.25, 0.3) is 5.69 Å². The van der Waals surface area contributed by atoms with Crippen LogP contribution < -0.4 is 5.32 Å². The summed E-state index contributed by atoms with van der Waals surface area (Å²) in [5.41, 5.74) is 1.47. The Labute approximate surface area is 151 Å². The average molecular weight is 354 g/mol. The third kappa shape index (κ3) is 3.40. The first-order valence-electron chi connectivity index (χ1n) is 9.01. The first kappa shape index (κ1) is 16.6. The molecule has 1 N–H and O–H groups in total. The van der Waals surface area contributed by atoms with Crippen LogP contribution in [0.3, 0.4) is 0 Å². The zero-order valence-electron chi connectivity index (χ0n) is 14.5.